The molecule has 0 fully saturated rings. The van der Waals surface area contributed by atoms with Crippen molar-refractivity contribution in [1.29, 1.82) is 0 Å². The number of carbonyl (C=O) groups excluding carboxylic acids is 1. The molecule has 2 aromatic carbocycles. The molecule has 0 spiro atoms. The summed E-state index contributed by atoms with van der Waals surface area (Å²) in [6, 6.07) is 12.9. The zero-order valence-electron chi connectivity index (χ0n) is 16.7. The van der Waals surface area contributed by atoms with Crippen molar-refractivity contribution in [3.05, 3.63) is 48.5 Å². The van der Waals surface area contributed by atoms with Crippen LogP contribution in [0.2, 0.25) is 0 Å². The Labute approximate surface area is 166 Å². The van der Waals surface area contributed by atoms with E-state index in [1.807, 2.05) is 6.07 Å². The van der Waals surface area contributed by atoms with Crippen LogP contribution in [-0.2, 0) is 14.8 Å². The van der Waals surface area contributed by atoms with Gasteiger partial charge in [-0.2, -0.15) is 0 Å². The molecule has 28 heavy (non-hydrogen) atoms. The maximum absolute atomic E-state index is 12.5. The molecule has 2 aromatic rings. The highest BCUT2D eigenvalue weighted by Crippen LogP contribution is 2.23. The molecule has 3 N–H and O–H groups in total. The Bertz CT molecular complexity index is 936. The molecule has 1 amide bonds. The standard InChI is InChI=1S/C20H27N3O4S/c1-14(19(24)22-17-11-6-7-12-18(17)27-5)21-15-9-8-10-16(13-15)28(25,26)23-20(2,3)4/h6-14,21,23H,1-5H3,(H,22,24). The van der Waals surface area contributed by atoms with E-state index in [2.05, 4.69) is 15.4 Å². The first-order valence-electron chi connectivity index (χ1n) is 8.86. The Morgan fingerprint density at radius 1 is 1.07 bits per heavy atom. The molecule has 0 saturated carbocycles. The van der Waals surface area contributed by atoms with Crippen molar-refractivity contribution in [2.45, 2.75) is 44.2 Å². The Morgan fingerprint density at radius 3 is 2.39 bits per heavy atom. The van der Waals surface area contributed by atoms with E-state index in [0.29, 0.717) is 17.1 Å². The zero-order chi connectivity index (χ0) is 20.9. The van der Waals surface area contributed by atoms with Crippen LogP contribution < -0.4 is 20.1 Å². The number of methoxy groups -OCH3 is 1. The maximum atomic E-state index is 12.5. The average Bonchev–Trinajstić information content (AvgIpc) is 2.60. The Balaban J connectivity index is 2.12. The van der Waals surface area contributed by atoms with Crippen molar-refractivity contribution in [1.82, 2.24) is 4.72 Å². The first kappa shape index (κ1) is 21.7. The van der Waals surface area contributed by atoms with Crippen LogP contribution in [0.3, 0.4) is 0 Å². The molecule has 1 unspecified atom stereocenters. The lowest BCUT2D eigenvalue weighted by Gasteiger charge is -2.21. The average molecular weight is 406 g/mol. The fraction of sp³-hybridized carbons (Fsp3) is 0.350. The maximum Gasteiger partial charge on any atom is 0.246 e. The molecule has 7 nitrogen and oxygen atoms in total. The van der Waals surface area contributed by atoms with Crippen molar-refractivity contribution in [3.63, 3.8) is 0 Å². The minimum atomic E-state index is -3.66. The third-order valence-electron chi connectivity index (χ3n) is 3.73. The third-order valence-corrected chi connectivity index (χ3v) is 5.48. The quantitative estimate of drug-likeness (QED) is 0.657. The van der Waals surface area contributed by atoms with Crippen LogP contribution in [0, 0.1) is 0 Å². The molecule has 152 valence electrons. The lowest BCUT2D eigenvalue weighted by atomic mass is 10.1. The van der Waals surface area contributed by atoms with Crippen LogP contribution in [-0.4, -0.2) is 33.0 Å². The first-order valence-corrected chi connectivity index (χ1v) is 10.3. The number of benzene rings is 2. The van der Waals surface area contributed by atoms with Crippen LogP contribution in [0.15, 0.2) is 53.4 Å². The summed E-state index contributed by atoms with van der Waals surface area (Å²) in [6.45, 7) is 7.02. The number of hydrogen-bond acceptors (Lipinski definition) is 5. The number of ether oxygens (including phenoxy) is 1. The molecular weight excluding hydrogens is 378 g/mol. The highest BCUT2D eigenvalue weighted by atomic mass is 32.2. The molecular formula is C20H27N3O4S. The molecule has 0 aromatic heterocycles. The molecule has 1 atom stereocenters. The molecule has 2 rings (SSSR count). The van der Waals surface area contributed by atoms with E-state index < -0.39 is 21.6 Å². The summed E-state index contributed by atoms with van der Waals surface area (Å²) in [5.41, 5.74) is 0.498. The van der Waals surface area contributed by atoms with Crippen molar-refractivity contribution in [2.75, 3.05) is 17.7 Å². The lowest BCUT2D eigenvalue weighted by molar-refractivity contribution is -0.116. The van der Waals surface area contributed by atoms with E-state index in [1.165, 1.54) is 19.2 Å². The fourth-order valence-electron chi connectivity index (χ4n) is 2.52. The molecule has 0 aliphatic heterocycles. The van der Waals surface area contributed by atoms with E-state index in [1.54, 1.807) is 58.0 Å². The van der Waals surface area contributed by atoms with E-state index in [4.69, 9.17) is 4.74 Å². The molecule has 0 aliphatic rings. The van der Waals surface area contributed by atoms with Gasteiger partial charge in [0, 0.05) is 11.2 Å². The fourth-order valence-corrected chi connectivity index (χ4v) is 3.98. The minimum Gasteiger partial charge on any atom is -0.495 e. The van der Waals surface area contributed by atoms with E-state index in [-0.39, 0.29) is 10.8 Å². The van der Waals surface area contributed by atoms with Crippen LogP contribution in [0.4, 0.5) is 11.4 Å². The van der Waals surface area contributed by atoms with Crippen molar-refractivity contribution in [2.24, 2.45) is 0 Å². The van der Waals surface area contributed by atoms with E-state index in [9.17, 15) is 13.2 Å². The first-order chi connectivity index (χ1) is 13.0. The summed E-state index contributed by atoms with van der Waals surface area (Å²) in [6.07, 6.45) is 0. The predicted molar refractivity (Wildman–Crippen MR) is 111 cm³/mol. The second-order valence-electron chi connectivity index (χ2n) is 7.44. The van der Waals surface area contributed by atoms with Crippen LogP contribution in [0.5, 0.6) is 5.75 Å². The monoisotopic (exact) mass is 405 g/mol. The highest BCUT2D eigenvalue weighted by Gasteiger charge is 2.22. The Hall–Kier alpha value is -2.58. The SMILES string of the molecule is COc1ccccc1NC(=O)C(C)Nc1cccc(S(=O)(=O)NC(C)(C)C)c1. The summed E-state index contributed by atoms with van der Waals surface area (Å²) >= 11 is 0. The van der Waals surface area contributed by atoms with Crippen LogP contribution >= 0.6 is 0 Å². The molecule has 0 saturated heterocycles. The molecule has 0 heterocycles. The Kier molecular flexibility index (Phi) is 6.69. The van der Waals surface area contributed by atoms with Gasteiger partial charge in [0.1, 0.15) is 11.8 Å². The van der Waals surface area contributed by atoms with E-state index in [0.717, 1.165) is 0 Å². The topological polar surface area (TPSA) is 96.5 Å². The third kappa shape index (κ3) is 5.97. The van der Waals surface area contributed by atoms with E-state index >= 15 is 0 Å². The molecule has 0 radical (unpaired) electrons. The predicted octanol–water partition coefficient (Wildman–Crippen LogP) is 3.21. The summed E-state index contributed by atoms with van der Waals surface area (Å²) in [5.74, 6) is 0.287. The van der Waals surface area contributed by atoms with Gasteiger partial charge in [0.15, 0.2) is 0 Å². The molecule has 0 bridgehead atoms. The van der Waals surface area contributed by atoms with Crippen LogP contribution in [0.25, 0.3) is 0 Å². The lowest BCUT2D eigenvalue weighted by Crippen LogP contribution is -2.40. The number of rotatable bonds is 7. The summed E-state index contributed by atoms with van der Waals surface area (Å²) in [7, 11) is -2.13. The highest BCUT2D eigenvalue weighted by molar-refractivity contribution is 7.89. The zero-order valence-corrected chi connectivity index (χ0v) is 17.6. The molecule has 0 aliphatic carbocycles. The van der Waals surface area contributed by atoms with Gasteiger partial charge in [-0.3, -0.25) is 4.79 Å². The second-order valence-corrected chi connectivity index (χ2v) is 9.12. The molecule has 8 heteroatoms. The summed E-state index contributed by atoms with van der Waals surface area (Å²) in [5, 5.41) is 5.83. The van der Waals surface area contributed by atoms with Gasteiger partial charge >= 0.3 is 0 Å². The minimum absolute atomic E-state index is 0.129. The largest absolute Gasteiger partial charge is 0.495 e. The van der Waals surface area contributed by atoms with Gasteiger partial charge in [-0.15, -0.1) is 0 Å². The van der Waals surface area contributed by atoms with Gasteiger partial charge < -0.3 is 15.4 Å². The van der Waals surface area contributed by atoms with Gasteiger partial charge in [0.05, 0.1) is 17.7 Å². The number of hydrogen-bond donors (Lipinski definition) is 3. The number of sulfonamides is 1. The summed E-state index contributed by atoms with van der Waals surface area (Å²) in [4.78, 5) is 12.6. The van der Waals surface area contributed by atoms with Crippen molar-refractivity contribution >= 4 is 27.3 Å². The number of amides is 1. The van der Waals surface area contributed by atoms with Crippen molar-refractivity contribution < 1.29 is 17.9 Å². The van der Waals surface area contributed by atoms with Gasteiger partial charge in [0.2, 0.25) is 15.9 Å². The van der Waals surface area contributed by atoms with Crippen molar-refractivity contribution in [3.8, 4) is 5.75 Å². The number of anilines is 2. The van der Waals surface area contributed by atoms with Gasteiger partial charge in [-0.05, 0) is 58.0 Å². The smallest absolute Gasteiger partial charge is 0.246 e. The summed E-state index contributed by atoms with van der Waals surface area (Å²) < 4.78 is 32.8. The van der Waals surface area contributed by atoms with Gasteiger partial charge in [0.25, 0.3) is 0 Å². The number of nitrogens with one attached hydrogen (secondary N) is 3. The van der Waals surface area contributed by atoms with Crippen LogP contribution in [0.1, 0.15) is 27.7 Å². The van der Waals surface area contributed by atoms with Gasteiger partial charge in [-0.1, -0.05) is 18.2 Å². The second kappa shape index (κ2) is 8.62. The number of carbonyl (C=O) groups is 1. The normalized spacial score (nSPS) is 12.9. The van der Waals surface area contributed by atoms with Gasteiger partial charge in [-0.25, -0.2) is 13.1 Å². The number of para-hydroxylation sites is 2. The Morgan fingerprint density at radius 2 is 1.75 bits per heavy atom.